The first-order valence-corrected chi connectivity index (χ1v) is 18.3. The van der Waals surface area contributed by atoms with Crippen LogP contribution in [-0.2, 0) is 27.2 Å². The van der Waals surface area contributed by atoms with Crippen LogP contribution in [-0.4, -0.2) is 55.6 Å². The lowest BCUT2D eigenvalue weighted by Crippen LogP contribution is -2.41. The van der Waals surface area contributed by atoms with Crippen LogP contribution in [0.25, 0.3) is 5.65 Å². The Labute approximate surface area is 309 Å². The highest BCUT2D eigenvalue weighted by atomic mass is 32.2. The van der Waals surface area contributed by atoms with E-state index in [-0.39, 0.29) is 41.8 Å². The first-order valence-electron chi connectivity index (χ1n) is 17.4. The van der Waals surface area contributed by atoms with Crippen LogP contribution in [0, 0.1) is 12.8 Å². The minimum absolute atomic E-state index is 0.0188. The molecule has 2 aromatic heterocycles. The zero-order valence-electron chi connectivity index (χ0n) is 31.2. The van der Waals surface area contributed by atoms with Gasteiger partial charge in [-0.05, 0) is 114 Å². The van der Waals surface area contributed by atoms with Gasteiger partial charge in [0.25, 0.3) is 11.8 Å². The van der Waals surface area contributed by atoms with E-state index in [1.165, 1.54) is 28.7 Å². The quantitative estimate of drug-likeness (QED) is 0.118. The molecule has 0 fully saturated rings. The summed E-state index contributed by atoms with van der Waals surface area (Å²) >= 11 is 1.30. The minimum atomic E-state index is -0.611. The smallest absolute Gasteiger partial charge is 0.338 e. The van der Waals surface area contributed by atoms with Gasteiger partial charge in [0, 0.05) is 23.6 Å². The van der Waals surface area contributed by atoms with Gasteiger partial charge >= 0.3 is 11.9 Å². The number of nitrogens with zero attached hydrogens (tertiary/aromatic N) is 3. The van der Waals surface area contributed by atoms with Crippen LogP contribution in [0.2, 0.25) is 0 Å². The summed E-state index contributed by atoms with van der Waals surface area (Å²) in [6.07, 6.45) is 2.87. The van der Waals surface area contributed by atoms with Gasteiger partial charge in [0.1, 0.15) is 28.6 Å². The van der Waals surface area contributed by atoms with Gasteiger partial charge in [-0.2, -0.15) is 5.10 Å². The second-order valence-electron chi connectivity index (χ2n) is 15.3. The second kappa shape index (κ2) is 15.5. The molecule has 276 valence electrons. The number of hydrogen-bond donors (Lipinski definition) is 3. The van der Waals surface area contributed by atoms with Crippen molar-refractivity contribution in [3.05, 3.63) is 93.9 Å². The first-order chi connectivity index (χ1) is 24.4. The van der Waals surface area contributed by atoms with E-state index in [2.05, 4.69) is 25.4 Å². The number of esters is 2. The number of rotatable bonds is 11. The Morgan fingerprint density at radius 3 is 2.37 bits per heavy atom. The molecule has 0 radical (unpaired) electrons. The highest BCUT2D eigenvalue weighted by Gasteiger charge is 2.31. The average Bonchev–Trinajstić information content (AvgIpc) is 3.69. The molecule has 3 N–H and O–H groups in total. The van der Waals surface area contributed by atoms with Crippen molar-refractivity contribution in [2.24, 2.45) is 5.92 Å². The molecule has 2 atom stereocenters. The van der Waals surface area contributed by atoms with Crippen LogP contribution in [0.5, 0.6) is 0 Å². The summed E-state index contributed by atoms with van der Waals surface area (Å²) in [5.41, 5.74) is 3.51. The fourth-order valence-electron chi connectivity index (χ4n) is 5.97. The third kappa shape index (κ3) is 9.18. The van der Waals surface area contributed by atoms with Crippen LogP contribution >= 0.6 is 11.9 Å². The maximum atomic E-state index is 13.8. The van der Waals surface area contributed by atoms with E-state index in [0.717, 1.165) is 27.1 Å². The van der Waals surface area contributed by atoms with E-state index in [0.29, 0.717) is 24.1 Å². The van der Waals surface area contributed by atoms with Crippen molar-refractivity contribution in [1.82, 2.24) is 30.0 Å². The number of amides is 2. The van der Waals surface area contributed by atoms with Crippen molar-refractivity contribution >= 4 is 41.3 Å². The van der Waals surface area contributed by atoms with Crippen molar-refractivity contribution in [1.29, 1.82) is 0 Å². The van der Waals surface area contributed by atoms with Crippen LogP contribution in [0.15, 0.2) is 59.6 Å². The maximum Gasteiger partial charge on any atom is 0.338 e. The number of benzene rings is 2. The van der Waals surface area contributed by atoms with Crippen molar-refractivity contribution < 1.29 is 28.7 Å². The minimum Gasteiger partial charge on any atom is -0.459 e. The molecule has 1 aliphatic carbocycles. The van der Waals surface area contributed by atoms with E-state index in [9.17, 15) is 19.2 Å². The number of aromatic nitrogens is 3. The summed E-state index contributed by atoms with van der Waals surface area (Å²) in [5.74, 6) is -1.60. The Bertz CT molecular complexity index is 1990. The average molecular weight is 729 g/mol. The summed E-state index contributed by atoms with van der Waals surface area (Å²) in [4.78, 5) is 58.3. The Hall–Kier alpha value is -4.75. The molecule has 2 amide bonds. The number of nitrogens with one attached hydrogen (secondary N) is 3. The lowest BCUT2D eigenvalue weighted by molar-refractivity contribution is -0.158. The van der Waals surface area contributed by atoms with Crippen LogP contribution in [0.4, 0.5) is 0 Å². The number of carbonyl (C=O) groups is 4. The molecule has 0 unspecified atom stereocenters. The summed E-state index contributed by atoms with van der Waals surface area (Å²) < 4.78 is 15.9. The molecule has 5 rings (SSSR count). The molecular formula is C39H48N6O6S. The number of carbonyl (C=O) groups excluding carboxylic acids is 4. The Balaban J connectivity index is 1.29. The summed E-state index contributed by atoms with van der Waals surface area (Å²) in [7, 11) is 0. The van der Waals surface area contributed by atoms with E-state index in [4.69, 9.17) is 9.47 Å². The van der Waals surface area contributed by atoms with E-state index < -0.39 is 29.1 Å². The van der Waals surface area contributed by atoms with Crippen LogP contribution in [0.1, 0.15) is 121 Å². The Morgan fingerprint density at radius 1 is 0.962 bits per heavy atom. The largest absolute Gasteiger partial charge is 0.459 e. The van der Waals surface area contributed by atoms with E-state index in [1.807, 2.05) is 92.6 Å². The van der Waals surface area contributed by atoms with Gasteiger partial charge in [0.15, 0.2) is 5.65 Å². The summed E-state index contributed by atoms with van der Waals surface area (Å²) in [6.45, 7) is 17.0. The molecule has 4 aromatic rings. The molecule has 2 aromatic carbocycles. The molecule has 0 bridgehead atoms. The van der Waals surface area contributed by atoms with E-state index in [1.54, 1.807) is 12.1 Å². The van der Waals surface area contributed by atoms with Crippen molar-refractivity contribution in [2.45, 2.75) is 110 Å². The maximum absolute atomic E-state index is 13.8. The topological polar surface area (TPSA) is 153 Å². The molecule has 0 spiro atoms. The molecule has 0 aliphatic heterocycles. The predicted molar refractivity (Wildman–Crippen MR) is 199 cm³/mol. The SMILES string of the molecule is Cc1c(C(=O)OC(C)(C)C)ccc2c1CC[C@@H]2NC(=O)c1cc(C(=O)NCc2ccccc2SN[C@@H](C(=O)OC(C)(C)C)C(C)C)nc2ccnn12. The predicted octanol–water partition coefficient (Wildman–Crippen LogP) is 6.30. The molecule has 0 saturated carbocycles. The van der Waals surface area contributed by atoms with Crippen LogP contribution < -0.4 is 15.4 Å². The van der Waals surface area contributed by atoms with Crippen molar-refractivity contribution in [3.63, 3.8) is 0 Å². The lowest BCUT2D eigenvalue weighted by atomic mass is 9.97. The molecule has 0 saturated heterocycles. The van der Waals surface area contributed by atoms with Gasteiger partial charge in [0.2, 0.25) is 0 Å². The highest BCUT2D eigenvalue weighted by molar-refractivity contribution is 7.97. The van der Waals surface area contributed by atoms with Gasteiger partial charge in [-0.3, -0.25) is 14.4 Å². The number of fused-ring (bicyclic) bond motifs is 2. The van der Waals surface area contributed by atoms with Crippen LogP contribution in [0.3, 0.4) is 0 Å². The molecule has 13 heteroatoms. The van der Waals surface area contributed by atoms with Gasteiger partial charge in [-0.25, -0.2) is 19.0 Å². The molecule has 2 heterocycles. The first kappa shape index (κ1) is 38.5. The fraction of sp³-hybridized carbons (Fsp3) is 0.436. The molecular weight excluding hydrogens is 681 g/mol. The normalized spacial score (nSPS) is 14.9. The molecule has 52 heavy (non-hydrogen) atoms. The zero-order valence-corrected chi connectivity index (χ0v) is 32.1. The monoisotopic (exact) mass is 728 g/mol. The van der Waals surface area contributed by atoms with Crippen molar-refractivity contribution in [2.75, 3.05) is 0 Å². The number of hydrogen-bond acceptors (Lipinski definition) is 10. The van der Waals surface area contributed by atoms with Gasteiger partial charge < -0.3 is 20.1 Å². The zero-order chi connectivity index (χ0) is 38.0. The Kier molecular flexibility index (Phi) is 11.4. The van der Waals surface area contributed by atoms with Gasteiger partial charge in [-0.1, -0.05) is 38.1 Å². The molecule has 1 aliphatic rings. The van der Waals surface area contributed by atoms with E-state index >= 15 is 0 Å². The second-order valence-corrected chi connectivity index (χ2v) is 16.1. The van der Waals surface area contributed by atoms with Crippen molar-refractivity contribution in [3.8, 4) is 0 Å². The summed E-state index contributed by atoms with van der Waals surface area (Å²) in [6, 6.07) is 13.4. The number of ether oxygens (including phenoxy) is 2. The Morgan fingerprint density at radius 2 is 1.67 bits per heavy atom. The third-order valence-electron chi connectivity index (χ3n) is 8.48. The molecule has 12 nitrogen and oxygen atoms in total. The fourth-order valence-corrected chi connectivity index (χ4v) is 7.01. The standard InChI is InChI=1S/C39H48N6O6S/c1-22(2)33(37(49)51-39(7,8)9)44-52-31-13-11-10-12-24(31)21-40-34(46)29-20-30(45-32(42-29)18-19-41-45)35(47)43-28-17-16-25-23(3)26(14-15-27(25)28)36(48)50-38(4,5)6/h10-15,18-20,22,28,33,44H,16-17,21H2,1-9H3,(H,40,46)(H,43,47)/t28-,33+/m0/s1. The highest BCUT2D eigenvalue weighted by Crippen LogP contribution is 2.35. The van der Waals surface area contributed by atoms with Gasteiger partial charge in [0.05, 0.1) is 17.8 Å². The summed E-state index contributed by atoms with van der Waals surface area (Å²) in [5, 5.41) is 10.3. The lowest BCUT2D eigenvalue weighted by Gasteiger charge is -2.26. The third-order valence-corrected chi connectivity index (χ3v) is 9.47. The van der Waals surface area contributed by atoms with Gasteiger partial charge in [-0.15, -0.1) is 0 Å².